The van der Waals surface area contributed by atoms with E-state index < -0.39 is 0 Å². The number of hydrogen-bond acceptors (Lipinski definition) is 2. The standard InChI is InChI=1S/C10H15NO/c1-3-12-10-5-4-8(2)6-9(10)7-11/h4-6H,3,7,11H2,1-2H3. The van der Waals surface area contributed by atoms with E-state index in [4.69, 9.17) is 10.5 Å². The second kappa shape index (κ2) is 4.12. The molecule has 0 aliphatic heterocycles. The van der Waals surface area contributed by atoms with Crippen molar-refractivity contribution in [2.24, 2.45) is 5.73 Å². The molecule has 2 heteroatoms. The Labute approximate surface area is 73.3 Å². The highest BCUT2D eigenvalue weighted by molar-refractivity contribution is 5.36. The van der Waals surface area contributed by atoms with Gasteiger partial charge in [0.25, 0.3) is 0 Å². The molecule has 0 heterocycles. The number of nitrogens with two attached hydrogens (primary N) is 1. The number of ether oxygens (including phenoxy) is 1. The SMILES string of the molecule is CCOc1ccc(C)cc1CN. The van der Waals surface area contributed by atoms with Gasteiger partial charge in [0.2, 0.25) is 0 Å². The molecule has 0 saturated heterocycles. The normalized spacial score (nSPS) is 9.92. The van der Waals surface area contributed by atoms with Crippen molar-refractivity contribution < 1.29 is 4.74 Å². The van der Waals surface area contributed by atoms with Crippen molar-refractivity contribution in [3.05, 3.63) is 29.3 Å². The number of rotatable bonds is 3. The largest absolute Gasteiger partial charge is 0.494 e. The molecule has 0 fully saturated rings. The summed E-state index contributed by atoms with van der Waals surface area (Å²) in [4.78, 5) is 0. The van der Waals surface area contributed by atoms with E-state index in [1.54, 1.807) is 0 Å². The zero-order chi connectivity index (χ0) is 8.97. The predicted molar refractivity (Wildman–Crippen MR) is 50.2 cm³/mol. The lowest BCUT2D eigenvalue weighted by molar-refractivity contribution is 0.336. The first-order valence-electron chi connectivity index (χ1n) is 4.20. The summed E-state index contributed by atoms with van der Waals surface area (Å²) in [5, 5.41) is 0. The van der Waals surface area contributed by atoms with Crippen LogP contribution in [0.3, 0.4) is 0 Å². The summed E-state index contributed by atoms with van der Waals surface area (Å²) in [5.41, 5.74) is 7.87. The lowest BCUT2D eigenvalue weighted by atomic mass is 10.1. The quantitative estimate of drug-likeness (QED) is 0.741. The zero-order valence-corrected chi connectivity index (χ0v) is 7.63. The average Bonchev–Trinajstić information content (AvgIpc) is 2.08. The van der Waals surface area contributed by atoms with Crippen LogP contribution in [0.4, 0.5) is 0 Å². The molecule has 12 heavy (non-hydrogen) atoms. The number of benzene rings is 1. The molecular weight excluding hydrogens is 150 g/mol. The van der Waals surface area contributed by atoms with Crippen LogP contribution >= 0.6 is 0 Å². The molecule has 1 rings (SSSR count). The smallest absolute Gasteiger partial charge is 0.123 e. The van der Waals surface area contributed by atoms with Crippen LogP contribution in [-0.2, 0) is 6.54 Å². The Morgan fingerprint density at radius 2 is 2.17 bits per heavy atom. The van der Waals surface area contributed by atoms with Gasteiger partial charge in [0.1, 0.15) is 5.75 Å². The van der Waals surface area contributed by atoms with Crippen LogP contribution in [0.15, 0.2) is 18.2 Å². The summed E-state index contributed by atoms with van der Waals surface area (Å²) in [7, 11) is 0. The van der Waals surface area contributed by atoms with Gasteiger partial charge in [-0.15, -0.1) is 0 Å². The first-order chi connectivity index (χ1) is 5.77. The lowest BCUT2D eigenvalue weighted by Gasteiger charge is -2.08. The van der Waals surface area contributed by atoms with E-state index in [0.717, 1.165) is 11.3 Å². The summed E-state index contributed by atoms with van der Waals surface area (Å²) in [6, 6.07) is 6.07. The molecule has 2 nitrogen and oxygen atoms in total. The van der Waals surface area contributed by atoms with Crippen molar-refractivity contribution >= 4 is 0 Å². The monoisotopic (exact) mass is 165 g/mol. The van der Waals surface area contributed by atoms with Gasteiger partial charge in [-0.1, -0.05) is 17.7 Å². The Bertz CT molecular complexity index is 258. The summed E-state index contributed by atoms with van der Waals surface area (Å²) >= 11 is 0. The van der Waals surface area contributed by atoms with Gasteiger partial charge in [0.15, 0.2) is 0 Å². The molecule has 0 bridgehead atoms. The molecular formula is C10H15NO. The van der Waals surface area contributed by atoms with Crippen LogP contribution in [0.25, 0.3) is 0 Å². The Kier molecular flexibility index (Phi) is 3.11. The molecule has 1 aromatic carbocycles. The fraction of sp³-hybridized carbons (Fsp3) is 0.400. The van der Waals surface area contributed by atoms with Gasteiger partial charge < -0.3 is 10.5 Å². The molecule has 0 aromatic heterocycles. The van der Waals surface area contributed by atoms with Crippen molar-refractivity contribution in [3.8, 4) is 5.75 Å². The first-order valence-corrected chi connectivity index (χ1v) is 4.20. The maximum absolute atomic E-state index is 5.57. The second-order valence-electron chi connectivity index (χ2n) is 2.75. The molecule has 66 valence electrons. The highest BCUT2D eigenvalue weighted by Crippen LogP contribution is 2.18. The minimum absolute atomic E-state index is 0.539. The third kappa shape index (κ3) is 1.98. The van der Waals surface area contributed by atoms with Gasteiger partial charge in [0.05, 0.1) is 6.61 Å². The molecule has 0 radical (unpaired) electrons. The third-order valence-electron chi connectivity index (χ3n) is 1.74. The maximum atomic E-state index is 5.57. The van der Waals surface area contributed by atoms with Crippen LogP contribution in [0, 0.1) is 6.92 Å². The van der Waals surface area contributed by atoms with E-state index in [-0.39, 0.29) is 0 Å². The van der Waals surface area contributed by atoms with E-state index >= 15 is 0 Å². The molecule has 0 aliphatic rings. The molecule has 2 N–H and O–H groups in total. The summed E-state index contributed by atoms with van der Waals surface area (Å²) in [6.45, 7) is 5.25. The van der Waals surface area contributed by atoms with Gasteiger partial charge in [0, 0.05) is 12.1 Å². The molecule has 0 amide bonds. The van der Waals surface area contributed by atoms with Gasteiger partial charge >= 0.3 is 0 Å². The van der Waals surface area contributed by atoms with E-state index in [1.807, 2.05) is 19.1 Å². The summed E-state index contributed by atoms with van der Waals surface area (Å²) in [6.07, 6.45) is 0. The highest BCUT2D eigenvalue weighted by atomic mass is 16.5. The van der Waals surface area contributed by atoms with E-state index in [9.17, 15) is 0 Å². The van der Waals surface area contributed by atoms with E-state index in [0.29, 0.717) is 13.2 Å². The highest BCUT2D eigenvalue weighted by Gasteiger charge is 2.00. The van der Waals surface area contributed by atoms with Crippen molar-refractivity contribution in [3.63, 3.8) is 0 Å². The molecule has 0 spiro atoms. The van der Waals surface area contributed by atoms with E-state index in [1.165, 1.54) is 5.56 Å². The molecule has 0 saturated carbocycles. The average molecular weight is 165 g/mol. The van der Waals surface area contributed by atoms with Crippen molar-refractivity contribution in [2.45, 2.75) is 20.4 Å². The molecule has 0 atom stereocenters. The van der Waals surface area contributed by atoms with Gasteiger partial charge in [-0.05, 0) is 19.9 Å². The first kappa shape index (κ1) is 9.07. The number of hydrogen-bond donors (Lipinski definition) is 1. The van der Waals surface area contributed by atoms with Crippen LogP contribution in [0.5, 0.6) is 5.75 Å². The Morgan fingerprint density at radius 3 is 2.75 bits per heavy atom. The fourth-order valence-electron chi connectivity index (χ4n) is 1.16. The van der Waals surface area contributed by atoms with Crippen molar-refractivity contribution in [2.75, 3.05) is 6.61 Å². The van der Waals surface area contributed by atoms with Crippen molar-refractivity contribution in [1.82, 2.24) is 0 Å². The molecule has 0 aliphatic carbocycles. The summed E-state index contributed by atoms with van der Waals surface area (Å²) < 4.78 is 5.40. The van der Waals surface area contributed by atoms with Gasteiger partial charge in [-0.3, -0.25) is 0 Å². The van der Waals surface area contributed by atoms with E-state index in [2.05, 4.69) is 13.0 Å². The lowest BCUT2D eigenvalue weighted by Crippen LogP contribution is -2.02. The fourth-order valence-corrected chi connectivity index (χ4v) is 1.16. The number of aryl methyl sites for hydroxylation is 1. The van der Waals surface area contributed by atoms with Crippen LogP contribution in [-0.4, -0.2) is 6.61 Å². The Balaban J connectivity index is 2.94. The van der Waals surface area contributed by atoms with Crippen molar-refractivity contribution in [1.29, 1.82) is 0 Å². The summed E-state index contributed by atoms with van der Waals surface area (Å²) in [5.74, 6) is 0.908. The Morgan fingerprint density at radius 1 is 1.42 bits per heavy atom. The zero-order valence-electron chi connectivity index (χ0n) is 7.63. The molecule has 0 unspecified atom stereocenters. The van der Waals surface area contributed by atoms with Crippen LogP contribution in [0.1, 0.15) is 18.1 Å². The maximum Gasteiger partial charge on any atom is 0.123 e. The minimum Gasteiger partial charge on any atom is -0.494 e. The topological polar surface area (TPSA) is 35.2 Å². The predicted octanol–water partition coefficient (Wildman–Crippen LogP) is 1.85. The Hall–Kier alpha value is -1.02. The van der Waals surface area contributed by atoms with Gasteiger partial charge in [-0.25, -0.2) is 0 Å². The molecule has 1 aromatic rings. The third-order valence-corrected chi connectivity index (χ3v) is 1.74. The van der Waals surface area contributed by atoms with Crippen LogP contribution < -0.4 is 10.5 Å². The van der Waals surface area contributed by atoms with Gasteiger partial charge in [-0.2, -0.15) is 0 Å². The minimum atomic E-state index is 0.539. The second-order valence-corrected chi connectivity index (χ2v) is 2.75. The van der Waals surface area contributed by atoms with Crippen LogP contribution in [0.2, 0.25) is 0 Å².